The van der Waals surface area contributed by atoms with E-state index in [-0.39, 0.29) is 23.9 Å². The Morgan fingerprint density at radius 3 is 2.58 bits per heavy atom. The lowest BCUT2D eigenvalue weighted by Gasteiger charge is -2.38. The lowest BCUT2D eigenvalue weighted by Crippen LogP contribution is -2.46. The molecule has 5 nitrogen and oxygen atoms in total. The SMILES string of the molecule is COc1cc([C@H]2NC(=O)OCC2(C)C)ccc1OCc1ccccc1.Cl. The zero-order valence-corrected chi connectivity index (χ0v) is 16.0. The van der Waals surface area contributed by atoms with Gasteiger partial charge >= 0.3 is 6.09 Å². The molecule has 1 heterocycles. The summed E-state index contributed by atoms with van der Waals surface area (Å²) in [5.41, 5.74) is 1.84. The summed E-state index contributed by atoms with van der Waals surface area (Å²) in [6.45, 7) is 4.96. The Morgan fingerprint density at radius 1 is 1.15 bits per heavy atom. The van der Waals surface area contributed by atoms with Crippen LogP contribution in [0, 0.1) is 5.41 Å². The van der Waals surface area contributed by atoms with Crippen LogP contribution in [-0.4, -0.2) is 19.8 Å². The second-order valence-electron chi connectivity index (χ2n) is 6.83. The van der Waals surface area contributed by atoms with Crippen LogP contribution in [-0.2, 0) is 11.3 Å². The van der Waals surface area contributed by atoms with Crippen molar-refractivity contribution in [2.45, 2.75) is 26.5 Å². The lowest BCUT2D eigenvalue weighted by atomic mass is 9.80. The van der Waals surface area contributed by atoms with Gasteiger partial charge in [-0.05, 0) is 23.3 Å². The van der Waals surface area contributed by atoms with E-state index in [2.05, 4.69) is 19.2 Å². The lowest BCUT2D eigenvalue weighted by molar-refractivity contribution is 0.0386. The molecule has 0 radical (unpaired) electrons. The molecule has 0 bridgehead atoms. The Kier molecular flexibility index (Phi) is 6.37. The molecule has 2 aromatic carbocycles. The summed E-state index contributed by atoms with van der Waals surface area (Å²) in [7, 11) is 1.61. The average Bonchev–Trinajstić information content (AvgIpc) is 2.63. The molecule has 3 rings (SSSR count). The number of rotatable bonds is 5. The van der Waals surface area contributed by atoms with E-state index in [1.54, 1.807) is 7.11 Å². The van der Waals surface area contributed by atoms with Gasteiger partial charge in [0.2, 0.25) is 0 Å². The van der Waals surface area contributed by atoms with Crippen LogP contribution >= 0.6 is 12.4 Å². The quantitative estimate of drug-likeness (QED) is 0.833. The summed E-state index contributed by atoms with van der Waals surface area (Å²) in [6, 6.07) is 15.6. The second-order valence-corrected chi connectivity index (χ2v) is 6.83. The Hall–Kier alpha value is -2.40. The van der Waals surface area contributed by atoms with Gasteiger partial charge < -0.3 is 19.5 Å². The van der Waals surface area contributed by atoms with Crippen LogP contribution in [0.25, 0.3) is 0 Å². The Labute approximate surface area is 160 Å². The molecule has 26 heavy (non-hydrogen) atoms. The predicted octanol–water partition coefficient (Wildman–Crippen LogP) is 4.50. The Morgan fingerprint density at radius 2 is 1.88 bits per heavy atom. The van der Waals surface area contributed by atoms with E-state index < -0.39 is 6.09 Å². The molecule has 0 spiro atoms. The van der Waals surface area contributed by atoms with Gasteiger partial charge in [0, 0.05) is 5.41 Å². The first-order chi connectivity index (χ1) is 12.0. The summed E-state index contributed by atoms with van der Waals surface area (Å²) in [4.78, 5) is 11.6. The van der Waals surface area contributed by atoms with Crippen LogP contribution in [0.1, 0.15) is 31.0 Å². The van der Waals surface area contributed by atoms with Crippen LogP contribution in [0.5, 0.6) is 11.5 Å². The smallest absolute Gasteiger partial charge is 0.407 e. The third-order valence-corrected chi connectivity index (χ3v) is 4.38. The number of hydrogen-bond acceptors (Lipinski definition) is 4. The summed E-state index contributed by atoms with van der Waals surface area (Å²) >= 11 is 0. The molecule has 1 amide bonds. The summed E-state index contributed by atoms with van der Waals surface area (Å²) in [5, 5.41) is 2.89. The number of carbonyl (C=O) groups excluding carboxylic acids is 1. The van der Waals surface area contributed by atoms with Crippen molar-refractivity contribution in [1.82, 2.24) is 5.32 Å². The van der Waals surface area contributed by atoms with Gasteiger partial charge in [0.1, 0.15) is 13.2 Å². The number of halogens is 1. The maximum atomic E-state index is 11.6. The molecule has 0 unspecified atom stereocenters. The minimum absolute atomic E-state index is 0. The highest BCUT2D eigenvalue weighted by Crippen LogP contribution is 2.39. The number of benzene rings is 2. The van der Waals surface area contributed by atoms with E-state index >= 15 is 0 Å². The van der Waals surface area contributed by atoms with Gasteiger partial charge in [-0.15, -0.1) is 12.4 Å². The third kappa shape index (κ3) is 4.41. The minimum Gasteiger partial charge on any atom is -0.493 e. The van der Waals surface area contributed by atoms with Gasteiger partial charge in [-0.3, -0.25) is 0 Å². The second kappa shape index (κ2) is 8.32. The van der Waals surface area contributed by atoms with E-state index in [4.69, 9.17) is 14.2 Å². The monoisotopic (exact) mass is 377 g/mol. The average molecular weight is 378 g/mol. The molecule has 1 N–H and O–H groups in total. The van der Waals surface area contributed by atoms with Crippen LogP contribution in [0.2, 0.25) is 0 Å². The molecule has 6 heteroatoms. The molecule has 0 aliphatic carbocycles. The molecule has 1 fully saturated rings. The first kappa shape index (κ1) is 19.9. The minimum atomic E-state index is -0.396. The van der Waals surface area contributed by atoms with Crippen molar-refractivity contribution in [3.63, 3.8) is 0 Å². The Bertz CT molecular complexity index is 749. The molecule has 0 saturated carbocycles. The molecule has 1 atom stereocenters. The molecule has 1 aliphatic heterocycles. The van der Waals surface area contributed by atoms with Gasteiger partial charge in [-0.1, -0.05) is 50.2 Å². The van der Waals surface area contributed by atoms with Crippen LogP contribution in [0.4, 0.5) is 4.79 Å². The molecular formula is C20H24ClNO4. The number of cyclic esters (lactones) is 1. The maximum absolute atomic E-state index is 11.6. The summed E-state index contributed by atoms with van der Waals surface area (Å²) in [6.07, 6.45) is -0.396. The fraction of sp³-hybridized carbons (Fsp3) is 0.350. The van der Waals surface area contributed by atoms with Crippen molar-refractivity contribution < 1.29 is 19.0 Å². The van der Waals surface area contributed by atoms with E-state index in [0.29, 0.717) is 24.7 Å². The molecule has 1 saturated heterocycles. The van der Waals surface area contributed by atoms with E-state index in [1.807, 2.05) is 48.5 Å². The predicted molar refractivity (Wildman–Crippen MR) is 102 cm³/mol. The van der Waals surface area contributed by atoms with Crippen molar-refractivity contribution in [3.8, 4) is 11.5 Å². The number of amides is 1. The van der Waals surface area contributed by atoms with Gasteiger partial charge in [0.25, 0.3) is 0 Å². The van der Waals surface area contributed by atoms with Crippen molar-refractivity contribution in [1.29, 1.82) is 0 Å². The number of nitrogens with one attached hydrogen (secondary N) is 1. The van der Waals surface area contributed by atoms with Crippen molar-refractivity contribution in [3.05, 3.63) is 59.7 Å². The molecule has 1 aliphatic rings. The first-order valence-electron chi connectivity index (χ1n) is 8.27. The van der Waals surface area contributed by atoms with E-state index in [0.717, 1.165) is 11.1 Å². The fourth-order valence-corrected chi connectivity index (χ4v) is 2.94. The molecular weight excluding hydrogens is 354 g/mol. The van der Waals surface area contributed by atoms with Crippen LogP contribution in [0.3, 0.4) is 0 Å². The van der Waals surface area contributed by atoms with Crippen molar-refractivity contribution in [2.24, 2.45) is 5.41 Å². The van der Waals surface area contributed by atoms with Gasteiger partial charge in [0.05, 0.1) is 13.2 Å². The molecule has 0 aromatic heterocycles. The highest BCUT2D eigenvalue weighted by atomic mass is 35.5. The molecule has 140 valence electrons. The van der Waals surface area contributed by atoms with Crippen LogP contribution in [0.15, 0.2) is 48.5 Å². The first-order valence-corrected chi connectivity index (χ1v) is 8.27. The van der Waals surface area contributed by atoms with Gasteiger partial charge in [0.15, 0.2) is 11.5 Å². The van der Waals surface area contributed by atoms with Crippen molar-refractivity contribution >= 4 is 18.5 Å². The zero-order chi connectivity index (χ0) is 17.9. The number of hydrogen-bond donors (Lipinski definition) is 1. The third-order valence-electron chi connectivity index (χ3n) is 4.38. The fourth-order valence-electron chi connectivity index (χ4n) is 2.94. The van der Waals surface area contributed by atoms with Crippen molar-refractivity contribution in [2.75, 3.05) is 13.7 Å². The number of carbonyl (C=O) groups is 1. The number of ether oxygens (including phenoxy) is 3. The van der Waals surface area contributed by atoms with Gasteiger partial charge in [-0.25, -0.2) is 4.79 Å². The zero-order valence-electron chi connectivity index (χ0n) is 15.2. The molecule has 2 aromatic rings. The number of alkyl carbamates (subject to hydrolysis) is 1. The number of methoxy groups -OCH3 is 1. The van der Waals surface area contributed by atoms with E-state index in [9.17, 15) is 4.79 Å². The summed E-state index contributed by atoms with van der Waals surface area (Å²) in [5.74, 6) is 1.32. The van der Waals surface area contributed by atoms with E-state index in [1.165, 1.54) is 0 Å². The summed E-state index contributed by atoms with van der Waals surface area (Å²) < 4.78 is 16.5. The highest BCUT2D eigenvalue weighted by molar-refractivity contribution is 5.85. The Balaban J connectivity index is 0.00000243. The van der Waals surface area contributed by atoms with Crippen LogP contribution < -0.4 is 14.8 Å². The van der Waals surface area contributed by atoms with Gasteiger partial charge in [-0.2, -0.15) is 0 Å². The normalized spacial score (nSPS) is 18.1. The highest BCUT2D eigenvalue weighted by Gasteiger charge is 2.38. The topological polar surface area (TPSA) is 56.8 Å². The largest absolute Gasteiger partial charge is 0.493 e. The standard InChI is InChI=1S/C20H23NO4.ClH/c1-20(2)13-25-19(22)21-18(20)15-9-10-16(17(11-15)23-3)24-12-14-7-5-4-6-8-14;/h4-11,18H,12-13H2,1-3H3,(H,21,22);1H/t18-;/m1./s1. The maximum Gasteiger partial charge on any atom is 0.407 e.